The Hall–Kier alpha value is -1.02. The molecule has 0 aromatic heterocycles. The Labute approximate surface area is 117 Å². The zero-order valence-corrected chi connectivity index (χ0v) is 12.5. The van der Waals surface area contributed by atoms with E-state index in [1.807, 2.05) is 18.2 Å². The van der Waals surface area contributed by atoms with Gasteiger partial charge in [-0.05, 0) is 44.3 Å². The molecule has 1 fully saturated rings. The summed E-state index contributed by atoms with van der Waals surface area (Å²) in [6.07, 6.45) is 5.17. The summed E-state index contributed by atoms with van der Waals surface area (Å²) in [7, 11) is 0. The van der Waals surface area contributed by atoms with Crippen molar-refractivity contribution in [3.63, 3.8) is 0 Å². The molecule has 0 radical (unpaired) electrons. The molecule has 1 aliphatic rings. The molecule has 1 aromatic carbocycles. The average Bonchev–Trinajstić information content (AvgIpc) is 2.47. The number of phenolic OH excluding ortho intramolecular Hbond substituents is 1. The van der Waals surface area contributed by atoms with Crippen molar-refractivity contribution >= 4 is 0 Å². The van der Waals surface area contributed by atoms with Crippen LogP contribution in [-0.4, -0.2) is 23.1 Å². The molecule has 19 heavy (non-hydrogen) atoms. The third-order valence-electron chi connectivity index (χ3n) is 5.29. The predicted octanol–water partition coefficient (Wildman–Crippen LogP) is 4.36. The Balaban J connectivity index is 2.04. The molecule has 1 N–H and O–H groups in total. The molecule has 1 atom stereocenters. The fraction of sp³-hybridized carbons (Fsp3) is 0.647. The van der Waals surface area contributed by atoms with E-state index in [0.29, 0.717) is 17.2 Å². The molecule has 0 bridgehead atoms. The molecule has 1 aliphatic heterocycles. The minimum Gasteiger partial charge on any atom is -0.508 e. The fourth-order valence-corrected chi connectivity index (χ4v) is 3.38. The zero-order chi connectivity index (χ0) is 13.9. The summed E-state index contributed by atoms with van der Waals surface area (Å²) in [5.41, 5.74) is 1.62. The second-order valence-corrected chi connectivity index (χ2v) is 5.98. The molecule has 0 spiro atoms. The monoisotopic (exact) mass is 261 g/mol. The van der Waals surface area contributed by atoms with E-state index in [1.165, 1.54) is 25.7 Å². The third-order valence-corrected chi connectivity index (χ3v) is 5.29. The fourth-order valence-electron chi connectivity index (χ4n) is 3.38. The lowest BCUT2D eigenvalue weighted by molar-refractivity contribution is 0.0703. The maximum atomic E-state index is 9.98. The molecule has 0 saturated carbocycles. The Morgan fingerprint density at radius 2 is 1.74 bits per heavy atom. The topological polar surface area (TPSA) is 23.5 Å². The van der Waals surface area contributed by atoms with Gasteiger partial charge in [-0.2, -0.15) is 0 Å². The maximum absolute atomic E-state index is 9.98. The summed E-state index contributed by atoms with van der Waals surface area (Å²) >= 11 is 0. The first kappa shape index (κ1) is 14.4. The standard InChI is InChI=1S/C17H27NO/c1-4-17(5-2)10-12-18(13-11-17)14(3)15-8-6-7-9-16(15)19/h6-9,14,19H,4-5,10-13H2,1-3H3. The predicted molar refractivity (Wildman–Crippen MR) is 80.3 cm³/mol. The van der Waals surface area contributed by atoms with Crippen LogP contribution in [0.4, 0.5) is 0 Å². The van der Waals surface area contributed by atoms with Gasteiger partial charge < -0.3 is 5.11 Å². The highest BCUT2D eigenvalue weighted by Gasteiger charge is 2.33. The largest absolute Gasteiger partial charge is 0.508 e. The van der Waals surface area contributed by atoms with Crippen molar-refractivity contribution in [1.29, 1.82) is 0 Å². The second-order valence-electron chi connectivity index (χ2n) is 5.98. The van der Waals surface area contributed by atoms with Gasteiger partial charge >= 0.3 is 0 Å². The molecule has 0 amide bonds. The van der Waals surface area contributed by atoms with Crippen molar-refractivity contribution in [2.45, 2.75) is 52.5 Å². The average molecular weight is 261 g/mol. The maximum Gasteiger partial charge on any atom is 0.120 e. The highest BCUT2D eigenvalue weighted by atomic mass is 16.3. The molecule has 106 valence electrons. The summed E-state index contributed by atoms with van der Waals surface area (Å²) in [5.74, 6) is 0.429. The second kappa shape index (κ2) is 5.96. The molecular weight excluding hydrogens is 234 g/mol. The lowest BCUT2D eigenvalue weighted by Crippen LogP contribution is -2.40. The first-order valence-electron chi connectivity index (χ1n) is 7.64. The van der Waals surface area contributed by atoms with Gasteiger partial charge in [-0.1, -0.05) is 44.9 Å². The number of likely N-dealkylation sites (tertiary alicyclic amines) is 1. The minimum atomic E-state index is 0.313. The van der Waals surface area contributed by atoms with E-state index in [-0.39, 0.29) is 0 Å². The number of para-hydroxylation sites is 1. The van der Waals surface area contributed by atoms with Gasteiger partial charge in [0, 0.05) is 11.6 Å². The van der Waals surface area contributed by atoms with E-state index in [4.69, 9.17) is 0 Å². The minimum absolute atomic E-state index is 0.313. The number of aromatic hydroxyl groups is 1. The lowest BCUT2D eigenvalue weighted by atomic mass is 9.74. The van der Waals surface area contributed by atoms with Gasteiger partial charge in [-0.3, -0.25) is 4.90 Å². The molecule has 0 aliphatic carbocycles. The van der Waals surface area contributed by atoms with E-state index in [2.05, 4.69) is 25.7 Å². The van der Waals surface area contributed by atoms with Crippen LogP contribution in [0.1, 0.15) is 58.1 Å². The van der Waals surface area contributed by atoms with E-state index in [9.17, 15) is 5.11 Å². The summed E-state index contributed by atoms with van der Waals surface area (Å²) in [5, 5.41) is 9.98. The number of rotatable bonds is 4. The SMILES string of the molecule is CCC1(CC)CCN(C(C)c2ccccc2O)CC1. The number of hydrogen-bond acceptors (Lipinski definition) is 2. The summed E-state index contributed by atoms with van der Waals surface area (Å²) in [4.78, 5) is 2.51. The van der Waals surface area contributed by atoms with E-state index >= 15 is 0 Å². The Morgan fingerprint density at radius 3 is 2.26 bits per heavy atom. The number of phenols is 1. The van der Waals surface area contributed by atoms with Crippen molar-refractivity contribution in [3.8, 4) is 5.75 Å². The van der Waals surface area contributed by atoms with Crippen LogP contribution in [0.15, 0.2) is 24.3 Å². The zero-order valence-electron chi connectivity index (χ0n) is 12.5. The van der Waals surface area contributed by atoms with Crippen LogP contribution in [0.5, 0.6) is 5.75 Å². The lowest BCUT2D eigenvalue weighted by Gasteiger charge is -2.43. The van der Waals surface area contributed by atoms with Gasteiger partial charge in [0.15, 0.2) is 0 Å². The van der Waals surface area contributed by atoms with Crippen molar-refractivity contribution in [1.82, 2.24) is 4.90 Å². The van der Waals surface area contributed by atoms with E-state index in [0.717, 1.165) is 18.7 Å². The molecule has 1 heterocycles. The molecular formula is C17H27NO. The molecule has 2 heteroatoms. The van der Waals surface area contributed by atoms with Crippen molar-refractivity contribution in [3.05, 3.63) is 29.8 Å². The molecule has 1 unspecified atom stereocenters. The first-order chi connectivity index (χ1) is 9.12. The smallest absolute Gasteiger partial charge is 0.120 e. The highest BCUT2D eigenvalue weighted by Crippen LogP contribution is 2.40. The Morgan fingerprint density at radius 1 is 1.16 bits per heavy atom. The number of piperidine rings is 1. The van der Waals surface area contributed by atoms with Crippen LogP contribution < -0.4 is 0 Å². The van der Waals surface area contributed by atoms with Gasteiger partial charge in [0.1, 0.15) is 5.75 Å². The van der Waals surface area contributed by atoms with Crippen molar-refractivity contribution in [2.75, 3.05) is 13.1 Å². The first-order valence-corrected chi connectivity index (χ1v) is 7.64. The summed E-state index contributed by atoms with van der Waals surface area (Å²) in [6, 6.07) is 8.05. The Kier molecular flexibility index (Phi) is 4.51. The summed E-state index contributed by atoms with van der Waals surface area (Å²) in [6.45, 7) is 9.16. The van der Waals surface area contributed by atoms with Crippen LogP contribution in [0.3, 0.4) is 0 Å². The Bertz CT molecular complexity index is 401. The third kappa shape index (κ3) is 2.94. The molecule has 2 nitrogen and oxygen atoms in total. The normalized spacial score (nSPS) is 21.2. The van der Waals surface area contributed by atoms with E-state index < -0.39 is 0 Å². The van der Waals surface area contributed by atoms with Gasteiger partial charge in [0.05, 0.1) is 0 Å². The molecule has 2 rings (SSSR count). The quantitative estimate of drug-likeness (QED) is 0.870. The summed E-state index contributed by atoms with van der Waals surface area (Å²) < 4.78 is 0. The molecule has 1 saturated heterocycles. The highest BCUT2D eigenvalue weighted by molar-refractivity contribution is 5.34. The van der Waals surface area contributed by atoms with Crippen molar-refractivity contribution in [2.24, 2.45) is 5.41 Å². The van der Waals surface area contributed by atoms with Crippen LogP contribution in [0.25, 0.3) is 0 Å². The van der Waals surface area contributed by atoms with Gasteiger partial charge in [0.2, 0.25) is 0 Å². The number of hydrogen-bond donors (Lipinski definition) is 1. The molecule has 1 aromatic rings. The van der Waals surface area contributed by atoms with Crippen molar-refractivity contribution < 1.29 is 5.11 Å². The van der Waals surface area contributed by atoms with Crippen LogP contribution in [-0.2, 0) is 0 Å². The van der Waals surface area contributed by atoms with Gasteiger partial charge in [0.25, 0.3) is 0 Å². The van der Waals surface area contributed by atoms with Crippen LogP contribution in [0.2, 0.25) is 0 Å². The van der Waals surface area contributed by atoms with Gasteiger partial charge in [-0.15, -0.1) is 0 Å². The van der Waals surface area contributed by atoms with Gasteiger partial charge in [-0.25, -0.2) is 0 Å². The number of benzene rings is 1. The van der Waals surface area contributed by atoms with Crippen LogP contribution >= 0.6 is 0 Å². The van der Waals surface area contributed by atoms with Crippen LogP contribution in [0, 0.1) is 5.41 Å². The number of nitrogens with zero attached hydrogens (tertiary/aromatic N) is 1. The van der Waals surface area contributed by atoms with E-state index in [1.54, 1.807) is 6.07 Å².